The van der Waals surface area contributed by atoms with Gasteiger partial charge in [0.25, 0.3) is 0 Å². The van der Waals surface area contributed by atoms with Gasteiger partial charge >= 0.3 is 12.0 Å². The molecule has 0 fully saturated rings. The van der Waals surface area contributed by atoms with Gasteiger partial charge in [-0.3, -0.25) is 4.79 Å². The van der Waals surface area contributed by atoms with Crippen LogP contribution in [-0.4, -0.2) is 23.7 Å². The van der Waals surface area contributed by atoms with Crippen LogP contribution in [0.5, 0.6) is 0 Å². The van der Waals surface area contributed by atoms with E-state index in [2.05, 4.69) is 10.6 Å². The Bertz CT molecular complexity index is 465. The van der Waals surface area contributed by atoms with Crippen molar-refractivity contribution < 1.29 is 19.1 Å². The average molecular weight is 282 g/mol. The molecule has 1 unspecified atom stereocenters. The molecule has 1 aromatic rings. The maximum absolute atomic E-state index is 13.5. The van der Waals surface area contributed by atoms with Crippen LogP contribution in [0.3, 0.4) is 0 Å². The van der Waals surface area contributed by atoms with Gasteiger partial charge in [-0.05, 0) is 25.8 Å². The highest BCUT2D eigenvalue weighted by molar-refractivity contribution is 5.74. The third-order valence-corrected chi connectivity index (χ3v) is 2.82. The van der Waals surface area contributed by atoms with Crippen LogP contribution in [0.15, 0.2) is 24.3 Å². The van der Waals surface area contributed by atoms with Crippen molar-refractivity contribution in [1.29, 1.82) is 0 Å². The number of unbranched alkanes of at least 4 members (excludes halogenated alkanes) is 1. The van der Waals surface area contributed by atoms with E-state index < -0.39 is 18.0 Å². The van der Waals surface area contributed by atoms with E-state index in [4.69, 9.17) is 5.11 Å². The standard InChI is InChI=1S/C14H19FN2O3/c1-10(11-6-2-3-7-12(11)15)17-14(20)16-9-5-4-8-13(18)19/h2-3,6-7,10H,4-5,8-9H2,1H3,(H,18,19)(H2,16,17,20). The van der Waals surface area contributed by atoms with Gasteiger partial charge in [0.1, 0.15) is 5.82 Å². The first kappa shape index (κ1) is 15.9. The van der Waals surface area contributed by atoms with Gasteiger partial charge in [0.15, 0.2) is 0 Å². The molecule has 0 saturated carbocycles. The van der Waals surface area contributed by atoms with Crippen molar-refractivity contribution in [2.24, 2.45) is 0 Å². The normalized spacial score (nSPS) is 11.7. The highest BCUT2D eigenvalue weighted by Crippen LogP contribution is 2.15. The van der Waals surface area contributed by atoms with Crippen LogP contribution in [0.2, 0.25) is 0 Å². The summed E-state index contributed by atoms with van der Waals surface area (Å²) in [5, 5.41) is 13.7. The quantitative estimate of drug-likeness (QED) is 0.672. The van der Waals surface area contributed by atoms with Crippen LogP contribution in [0.4, 0.5) is 9.18 Å². The largest absolute Gasteiger partial charge is 0.481 e. The number of rotatable bonds is 7. The number of hydrogen-bond donors (Lipinski definition) is 3. The molecular weight excluding hydrogens is 263 g/mol. The first-order valence-corrected chi connectivity index (χ1v) is 6.51. The summed E-state index contributed by atoms with van der Waals surface area (Å²) in [6, 6.07) is 5.44. The SMILES string of the molecule is CC(NC(=O)NCCCCC(=O)O)c1ccccc1F. The summed E-state index contributed by atoms with van der Waals surface area (Å²) >= 11 is 0. The van der Waals surface area contributed by atoms with E-state index in [1.165, 1.54) is 6.07 Å². The Hall–Kier alpha value is -2.11. The number of benzene rings is 1. The minimum absolute atomic E-state index is 0.0922. The first-order valence-electron chi connectivity index (χ1n) is 6.51. The first-order chi connectivity index (χ1) is 9.50. The van der Waals surface area contributed by atoms with E-state index in [9.17, 15) is 14.0 Å². The molecule has 0 aliphatic heterocycles. The maximum Gasteiger partial charge on any atom is 0.315 e. The fourth-order valence-electron chi connectivity index (χ4n) is 1.75. The third-order valence-electron chi connectivity index (χ3n) is 2.82. The number of carboxylic acid groups (broad SMARTS) is 1. The number of nitrogens with one attached hydrogen (secondary N) is 2. The lowest BCUT2D eigenvalue weighted by atomic mass is 10.1. The molecule has 0 aliphatic carbocycles. The lowest BCUT2D eigenvalue weighted by Gasteiger charge is -2.15. The zero-order valence-electron chi connectivity index (χ0n) is 11.4. The fourth-order valence-corrected chi connectivity index (χ4v) is 1.75. The number of carbonyl (C=O) groups is 2. The van der Waals surface area contributed by atoms with Gasteiger partial charge in [-0.1, -0.05) is 18.2 Å². The predicted molar refractivity (Wildman–Crippen MR) is 72.8 cm³/mol. The minimum Gasteiger partial charge on any atom is -0.481 e. The van der Waals surface area contributed by atoms with Gasteiger partial charge < -0.3 is 15.7 Å². The zero-order chi connectivity index (χ0) is 15.0. The van der Waals surface area contributed by atoms with Crippen LogP contribution in [0.1, 0.15) is 37.8 Å². The topological polar surface area (TPSA) is 78.4 Å². The molecule has 20 heavy (non-hydrogen) atoms. The monoisotopic (exact) mass is 282 g/mol. The van der Waals surface area contributed by atoms with E-state index in [1.54, 1.807) is 25.1 Å². The Morgan fingerprint density at radius 1 is 1.30 bits per heavy atom. The van der Waals surface area contributed by atoms with E-state index in [0.717, 1.165) is 0 Å². The number of urea groups is 1. The summed E-state index contributed by atoms with van der Waals surface area (Å²) in [7, 11) is 0. The van der Waals surface area contributed by atoms with Crippen LogP contribution < -0.4 is 10.6 Å². The Morgan fingerprint density at radius 2 is 2.00 bits per heavy atom. The molecule has 2 amide bonds. The number of carbonyl (C=O) groups excluding carboxylic acids is 1. The Balaban J connectivity index is 2.28. The van der Waals surface area contributed by atoms with Crippen LogP contribution in [-0.2, 0) is 4.79 Å². The Kier molecular flexibility index (Phi) is 6.49. The van der Waals surface area contributed by atoms with Crippen molar-refractivity contribution in [2.75, 3.05) is 6.54 Å². The second-order valence-electron chi connectivity index (χ2n) is 4.49. The number of carboxylic acids is 1. The smallest absolute Gasteiger partial charge is 0.315 e. The molecule has 0 bridgehead atoms. The molecule has 0 spiro atoms. The van der Waals surface area contributed by atoms with Crippen LogP contribution in [0.25, 0.3) is 0 Å². The van der Waals surface area contributed by atoms with Gasteiger partial charge in [-0.2, -0.15) is 0 Å². The fraction of sp³-hybridized carbons (Fsp3) is 0.429. The van der Waals surface area contributed by atoms with Crippen molar-refractivity contribution in [3.63, 3.8) is 0 Å². The molecule has 1 atom stereocenters. The highest BCUT2D eigenvalue weighted by atomic mass is 19.1. The molecular formula is C14H19FN2O3. The average Bonchev–Trinajstić information content (AvgIpc) is 2.38. The molecule has 5 nitrogen and oxygen atoms in total. The van der Waals surface area contributed by atoms with Crippen LogP contribution in [0, 0.1) is 5.82 Å². The molecule has 0 radical (unpaired) electrons. The van der Waals surface area contributed by atoms with Gasteiger partial charge in [0, 0.05) is 18.5 Å². The molecule has 0 saturated heterocycles. The predicted octanol–water partition coefficient (Wildman–Crippen LogP) is 2.44. The van der Waals surface area contributed by atoms with E-state index in [1.807, 2.05) is 0 Å². The van der Waals surface area contributed by atoms with Gasteiger partial charge in [-0.25, -0.2) is 9.18 Å². The van der Waals surface area contributed by atoms with Gasteiger partial charge in [0.2, 0.25) is 0 Å². The molecule has 0 heterocycles. The molecule has 0 aliphatic rings. The van der Waals surface area contributed by atoms with Gasteiger partial charge in [-0.15, -0.1) is 0 Å². The maximum atomic E-state index is 13.5. The summed E-state index contributed by atoms with van der Waals surface area (Å²) in [6.45, 7) is 2.09. The molecule has 1 rings (SSSR count). The summed E-state index contributed by atoms with van der Waals surface area (Å²) in [5.74, 6) is -1.20. The Morgan fingerprint density at radius 3 is 2.65 bits per heavy atom. The van der Waals surface area contributed by atoms with Crippen molar-refractivity contribution in [3.8, 4) is 0 Å². The number of halogens is 1. The number of aliphatic carboxylic acids is 1. The third kappa shape index (κ3) is 5.69. The van der Waals surface area contributed by atoms with Crippen LogP contribution >= 0.6 is 0 Å². The highest BCUT2D eigenvalue weighted by Gasteiger charge is 2.12. The summed E-state index contributed by atoms with van der Waals surface area (Å²) in [4.78, 5) is 21.9. The molecule has 6 heteroatoms. The number of hydrogen-bond acceptors (Lipinski definition) is 2. The zero-order valence-corrected chi connectivity index (χ0v) is 11.4. The second-order valence-corrected chi connectivity index (χ2v) is 4.49. The molecule has 1 aromatic carbocycles. The van der Waals surface area contributed by atoms with Crippen molar-refractivity contribution >= 4 is 12.0 Å². The molecule has 0 aromatic heterocycles. The van der Waals surface area contributed by atoms with E-state index in [-0.39, 0.29) is 12.2 Å². The lowest BCUT2D eigenvalue weighted by molar-refractivity contribution is -0.137. The molecule has 3 N–H and O–H groups in total. The van der Waals surface area contributed by atoms with E-state index >= 15 is 0 Å². The summed E-state index contributed by atoms with van der Waals surface area (Å²) < 4.78 is 13.5. The number of amides is 2. The Labute approximate surface area is 117 Å². The summed E-state index contributed by atoms with van der Waals surface area (Å²) in [6.07, 6.45) is 1.20. The second kappa shape index (κ2) is 8.14. The van der Waals surface area contributed by atoms with Crippen molar-refractivity contribution in [2.45, 2.75) is 32.2 Å². The van der Waals surface area contributed by atoms with E-state index in [0.29, 0.717) is 24.9 Å². The van der Waals surface area contributed by atoms with Gasteiger partial charge in [0.05, 0.1) is 6.04 Å². The van der Waals surface area contributed by atoms with Crippen molar-refractivity contribution in [1.82, 2.24) is 10.6 Å². The summed E-state index contributed by atoms with van der Waals surface area (Å²) in [5.41, 5.74) is 0.425. The lowest BCUT2D eigenvalue weighted by Crippen LogP contribution is -2.37. The van der Waals surface area contributed by atoms with Crippen molar-refractivity contribution in [3.05, 3.63) is 35.6 Å². The molecule has 110 valence electrons. The minimum atomic E-state index is -0.845.